The highest BCUT2D eigenvalue weighted by Gasteiger charge is 2.31. The number of amides is 1. The maximum Gasteiger partial charge on any atom is 0.407 e. The Bertz CT molecular complexity index is 266. The number of nitrogens with zero attached hydrogens (tertiary/aromatic N) is 4. The van der Waals surface area contributed by atoms with E-state index in [9.17, 15) is 4.79 Å². The van der Waals surface area contributed by atoms with Crippen LogP contribution in [0.4, 0.5) is 4.79 Å². The Kier molecular flexibility index (Phi) is 4.94. The molecule has 0 aliphatic carbocycles. The molecule has 0 bridgehead atoms. The fourth-order valence-corrected chi connectivity index (χ4v) is 1.51. The summed E-state index contributed by atoms with van der Waals surface area (Å²) in [5.41, 5.74) is 7.74. The normalized spacial score (nSPS) is 12.8. The largest absolute Gasteiger partial charge is 0.465 e. The van der Waals surface area contributed by atoms with E-state index in [1.165, 1.54) is 4.90 Å². The average Bonchev–Trinajstić information content (AvgIpc) is 2.08. The van der Waals surface area contributed by atoms with Gasteiger partial charge in [0, 0.05) is 23.0 Å². The highest BCUT2D eigenvalue weighted by atomic mass is 16.4. The maximum atomic E-state index is 11.1. The molecule has 0 saturated heterocycles. The number of azide groups is 1. The van der Waals surface area contributed by atoms with Crippen molar-refractivity contribution in [2.75, 3.05) is 6.54 Å². The summed E-state index contributed by atoms with van der Waals surface area (Å²) in [5.74, 6) is 0. The van der Waals surface area contributed by atoms with Gasteiger partial charge in [-0.2, -0.15) is 0 Å². The van der Waals surface area contributed by atoms with Gasteiger partial charge in [0.15, 0.2) is 0 Å². The Balaban J connectivity index is 4.86. The van der Waals surface area contributed by atoms with Crippen LogP contribution in [0.2, 0.25) is 0 Å². The summed E-state index contributed by atoms with van der Waals surface area (Å²) in [7, 11) is 0. The van der Waals surface area contributed by atoms with Gasteiger partial charge in [0.2, 0.25) is 0 Å². The third kappa shape index (κ3) is 4.08. The monoisotopic (exact) mass is 214 g/mol. The van der Waals surface area contributed by atoms with Crippen molar-refractivity contribution < 1.29 is 9.90 Å². The van der Waals surface area contributed by atoms with E-state index in [-0.39, 0.29) is 12.6 Å². The zero-order valence-corrected chi connectivity index (χ0v) is 9.64. The van der Waals surface area contributed by atoms with E-state index < -0.39 is 11.6 Å². The molecule has 0 radical (unpaired) electrons. The van der Waals surface area contributed by atoms with Crippen molar-refractivity contribution >= 4 is 6.09 Å². The Labute approximate surface area is 89.5 Å². The summed E-state index contributed by atoms with van der Waals surface area (Å²) in [6.07, 6.45) is -0.356. The van der Waals surface area contributed by atoms with Crippen LogP contribution in [0.25, 0.3) is 10.4 Å². The van der Waals surface area contributed by atoms with E-state index in [1.54, 1.807) is 0 Å². The highest BCUT2D eigenvalue weighted by molar-refractivity contribution is 5.66. The predicted molar refractivity (Wildman–Crippen MR) is 57.7 cm³/mol. The number of hydrogen-bond donors (Lipinski definition) is 1. The number of rotatable bonds is 4. The van der Waals surface area contributed by atoms with Gasteiger partial charge in [-0.1, -0.05) is 12.0 Å². The summed E-state index contributed by atoms with van der Waals surface area (Å²) in [6, 6.07) is -0.265. The molecule has 6 nitrogen and oxygen atoms in total. The quantitative estimate of drug-likeness (QED) is 0.443. The number of carboxylic acid groups (broad SMARTS) is 1. The van der Waals surface area contributed by atoms with Crippen molar-refractivity contribution in [1.82, 2.24) is 4.90 Å². The molecule has 0 aromatic rings. The van der Waals surface area contributed by atoms with Gasteiger partial charge in [-0.3, -0.25) is 0 Å². The lowest BCUT2D eigenvalue weighted by Gasteiger charge is -2.38. The maximum absolute atomic E-state index is 11.1. The van der Waals surface area contributed by atoms with Crippen LogP contribution >= 0.6 is 0 Å². The van der Waals surface area contributed by atoms with Crippen LogP contribution in [-0.4, -0.2) is 34.2 Å². The van der Waals surface area contributed by atoms with E-state index >= 15 is 0 Å². The molecule has 0 aliphatic heterocycles. The molecule has 6 heteroatoms. The number of hydrogen-bond acceptors (Lipinski definition) is 2. The molecule has 1 atom stereocenters. The molecule has 0 heterocycles. The Morgan fingerprint density at radius 1 is 1.60 bits per heavy atom. The van der Waals surface area contributed by atoms with Gasteiger partial charge in [0.25, 0.3) is 0 Å². The molecule has 0 aromatic carbocycles. The lowest BCUT2D eigenvalue weighted by molar-refractivity contribution is 0.0712. The van der Waals surface area contributed by atoms with E-state index in [4.69, 9.17) is 10.6 Å². The van der Waals surface area contributed by atoms with Crippen molar-refractivity contribution in [2.45, 2.75) is 45.7 Å². The van der Waals surface area contributed by atoms with E-state index in [1.807, 2.05) is 27.7 Å². The van der Waals surface area contributed by atoms with Gasteiger partial charge in [-0.15, -0.1) is 0 Å². The standard InChI is InChI=1S/C9H18N4O2/c1-5-7(6-11-12-10)13(8(14)15)9(2,3)4/h7H,5-6H2,1-4H3,(H,14,15). The predicted octanol–water partition coefficient (Wildman–Crippen LogP) is 2.85. The molecule has 0 aromatic heterocycles. The zero-order valence-electron chi connectivity index (χ0n) is 9.64. The van der Waals surface area contributed by atoms with Gasteiger partial charge in [-0.05, 0) is 32.7 Å². The van der Waals surface area contributed by atoms with Crippen molar-refractivity contribution in [2.24, 2.45) is 5.11 Å². The van der Waals surface area contributed by atoms with Crippen molar-refractivity contribution in [3.05, 3.63) is 10.4 Å². The molecule has 15 heavy (non-hydrogen) atoms. The van der Waals surface area contributed by atoms with Gasteiger partial charge >= 0.3 is 6.09 Å². The molecular weight excluding hydrogens is 196 g/mol. The first kappa shape index (κ1) is 13.6. The molecule has 0 fully saturated rings. The summed E-state index contributed by atoms with van der Waals surface area (Å²) >= 11 is 0. The summed E-state index contributed by atoms with van der Waals surface area (Å²) in [6.45, 7) is 7.51. The smallest absolute Gasteiger partial charge is 0.407 e. The number of carbonyl (C=O) groups is 1. The first-order valence-electron chi connectivity index (χ1n) is 4.87. The first-order valence-corrected chi connectivity index (χ1v) is 4.87. The third-order valence-electron chi connectivity index (χ3n) is 2.12. The fraction of sp³-hybridized carbons (Fsp3) is 0.889. The summed E-state index contributed by atoms with van der Waals surface area (Å²) < 4.78 is 0. The lowest BCUT2D eigenvalue weighted by atomic mass is 10.0. The van der Waals surface area contributed by atoms with Crippen LogP contribution in [0.3, 0.4) is 0 Å². The Morgan fingerprint density at radius 2 is 2.13 bits per heavy atom. The second-order valence-electron chi connectivity index (χ2n) is 4.30. The van der Waals surface area contributed by atoms with Crippen LogP contribution in [0.15, 0.2) is 5.11 Å². The van der Waals surface area contributed by atoms with Gasteiger partial charge in [0.1, 0.15) is 0 Å². The SMILES string of the molecule is CCC(CN=[N+]=[N-])N(C(=O)O)C(C)(C)C. The van der Waals surface area contributed by atoms with Crippen LogP contribution < -0.4 is 0 Å². The van der Waals surface area contributed by atoms with Crippen molar-refractivity contribution in [1.29, 1.82) is 0 Å². The summed E-state index contributed by atoms with van der Waals surface area (Å²) in [5, 5.41) is 12.5. The molecule has 0 spiro atoms. The second-order valence-corrected chi connectivity index (χ2v) is 4.30. The lowest BCUT2D eigenvalue weighted by Crippen LogP contribution is -2.52. The van der Waals surface area contributed by atoms with E-state index in [0.717, 1.165) is 0 Å². The van der Waals surface area contributed by atoms with Gasteiger partial charge < -0.3 is 10.0 Å². The fourth-order valence-electron chi connectivity index (χ4n) is 1.51. The van der Waals surface area contributed by atoms with Crippen LogP contribution in [-0.2, 0) is 0 Å². The zero-order chi connectivity index (χ0) is 12.1. The average molecular weight is 214 g/mol. The molecular formula is C9H18N4O2. The van der Waals surface area contributed by atoms with E-state index in [2.05, 4.69) is 10.0 Å². The minimum absolute atomic E-state index is 0.177. The van der Waals surface area contributed by atoms with Crippen LogP contribution in [0.1, 0.15) is 34.1 Å². The molecule has 0 saturated carbocycles. The summed E-state index contributed by atoms with van der Waals surface area (Å²) in [4.78, 5) is 15.1. The van der Waals surface area contributed by atoms with Crippen LogP contribution in [0, 0.1) is 0 Å². The van der Waals surface area contributed by atoms with Crippen molar-refractivity contribution in [3.8, 4) is 0 Å². The molecule has 86 valence electrons. The van der Waals surface area contributed by atoms with Crippen LogP contribution in [0.5, 0.6) is 0 Å². The molecule has 1 unspecified atom stereocenters. The Morgan fingerprint density at radius 3 is 2.40 bits per heavy atom. The Hall–Kier alpha value is -1.42. The first-order chi connectivity index (χ1) is 6.84. The minimum Gasteiger partial charge on any atom is -0.465 e. The highest BCUT2D eigenvalue weighted by Crippen LogP contribution is 2.19. The second kappa shape index (κ2) is 5.46. The molecule has 1 N–H and O–H groups in total. The van der Waals surface area contributed by atoms with Gasteiger partial charge in [-0.25, -0.2) is 4.79 Å². The third-order valence-corrected chi connectivity index (χ3v) is 2.12. The van der Waals surface area contributed by atoms with Crippen molar-refractivity contribution in [3.63, 3.8) is 0 Å². The molecule has 0 rings (SSSR count). The molecule has 1 amide bonds. The van der Waals surface area contributed by atoms with Gasteiger partial charge in [0.05, 0.1) is 0 Å². The van der Waals surface area contributed by atoms with E-state index in [0.29, 0.717) is 6.42 Å². The topological polar surface area (TPSA) is 89.3 Å². The minimum atomic E-state index is -0.984. The molecule has 0 aliphatic rings.